The lowest BCUT2D eigenvalue weighted by atomic mass is 10.3. The van der Waals surface area contributed by atoms with Crippen molar-refractivity contribution in [1.29, 1.82) is 0 Å². The first-order valence-electron chi connectivity index (χ1n) is 7.41. The van der Waals surface area contributed by atoms with Crippen molar-refractivity contribution in [3.8, 4) is 11.5 Å². The highest BCUT2D eigenvalue weighted by atomic mass is 35.5. The van der Waals surface area contributed by atoms with Crippen LogP contribution in [0, 0.1) is 0 Å². The molecule has 0 fully saturated rings. The third kappa shape index (κ3) is 3.93. The highest BCUT2D eigenvalue weighted by Crippen LogP contribution is 2.46. The normalized spacial score (nSPS) is 15.0. The van der Waals surface area contributed by atoms with E-state index in [9.17, 15) is 21.6 Å². The van der Waals surface area contributed by atoms with Gasteiger partial charge in [0.05, 0.1) is 5.02 Å². The van der Waals surface area contributed by atoms with E-state index in [2.05, 4.69) is 13.7 Å². The Kier molecular flexibility index (Phi) is 5.69. The maximum absolute atomic E-state index is 12.9. The highest BCUT2D eigenvalue weighted by molar-refractivity contribution is 7.90. The van der Waals surface area contributed by atoms with E-state index in [-0.39, 0.29) is 11.6 Å². The fraction of sp³-hybridized carbons (Fsp3) is 0.462. The van der Waals surface area contributed by atoms with Gasteiger partial charge in [0.15, 0.2) is 0 Å². The van der Waals surface area contributed by atoms with Crippen molar-refractivity contribution in [2.24, 2.45) is 0 Å². The molecule has 1 aliphatic rings. The van der Waals surface area contributed by atoms with Gasteiger partial charge in [-0.2, -0.15) is 0 Å². The Hall–Kier alpha value is -1.72. The molecular weight excluding hydrogens is 396 g/mol. The van der Waals surface area contributed by atoms with Crippen molar-refractivity contribution in [3.63, 3.8) is 0 Å². The molecule has 0 atom stereocenters. The standard InChI is InChI=1S/C13H17ClN2O7S2/c1-3-7-15-13(17)16(8-4-2)24(18,19)10-6-5-9(14)11-12(10)23-25(20,21)22-11/h5-6H,3-4,7-8H2,1-2H3,(H,15,17). The average molecular weight is 413 g/mol. The summed E-state index contributed by atoms with van der Waals surface area (Å²) in [6.45, 7) is 3.72. The molecular formula is C13H17ClN2O7S2. The van der Waals surface area contributed by atoms with E-state index in [0.29, 0.717) is 23.7 Å². The summed E-state index contributed by atoms with van der Waals surface area (Å²) in [7, 11) is -8.84. The molecule has 0 aliphatic carbocycles. The SMILES string of the molecule is CCCNC(=O)N(CCC)S(=O)(=O)c1ccc(Cl)c2c1OS(=O)(=O)O2. The molecule has 1 aromatic carbocycles. The monoisotopic (exact) mass is 412 g/mol. The zero-order chi connectivity index (χ0) is 18.8. The summed E-state index contributed by atoms with van der Waals surface area (Å²) in [6.07, 6.45) is 0.988. The highest BCUT2D eigenvalue weighted by Gasteiger charge is 2.40. The Labute approximate surface area is 151 Å². The molecule has 12 heteroatoms. The van der Waals surface area contributed by atoms with Gasteiger partial charge < -0.3 is 13.7 Å². The number of fused-ring (bicyclic) bond motifs is 1. The van der Waals surface area contributed by atoms with Gasteiger partial charge in [-0.1, -0.05) is 25.4 Å². The van der Waals surface area contributed by atoms with Crippen molar-refractivity contribution in [2.45, 2.75) is 31.6 Å². The summed E-state index contributed by atoms with van der Waals surface area (Å²) < 4.78 is 58.6. The first kappa shape index (κ1) is 19.6. The van der Waals surface area contributed by atoms with Crippen molar-refractivity contribution in [2.75, 3.05) is 13.1 Å². The van der Waals surface area contributed by atoms with E-state index in [4.69, 9.17) is 11.6 Å². The fourth-order valence-electron chi connectivity index (χ4n) is 2.07. The van der Waals surface area contributed by atoms with Crippen molar-refractivity contribution in [1.82, 2.24) is 9.62 Å². The molecule has 0 unspecified atom stereocenters. The van der Waals surface area contributed by atoms with Crippen LogP contribution in [-0.2, 0) is 20.4 Å². The maximum Gasteiger partial charge on any atom is 0.501 e. The Balaban J connectivity index is 2.52. The number of urea groups is 1. The van der Waals surface area contributed by atoms with E-state index in [1.807, 2.05) is 6.92 Å². The molecule has 140 valence electrons. The number of rotatable bonds is 6. The quantitative estimate of drug-likeness (QED) is 0.757. The van der Waals surface area contributed by atoms with E-state index in [0.717, 1.165) is 12.1 Å². The maximum atomic E-state index is 12.9. The lowest BCUT2D eigenvalue weighted by Crippen LogP contribution is -2.44. The van der Waals surface area contributed by atoms with E-state index >= 15 is 0 Å². The van der Waals surface area contributed by atoms with Crippen molar-refractivity contribution >= 4 is 38.1 Å². The van der Waals surface area contributed by atoms with Crippen LogP contribution in [0.4, 0.5) is 4.79 Å². The zero-order valence-corrected chi connectivity index (χ0v) is 15.9. The first-order valence-corrected chi connectivity index (χ1v) is 10.6. The number of benzene rings is 1. The van der Waals surface area contributed by atoms with Gasteiger partial charge in [-0.15, -0.1) is 8.42 Å². The largest absolute Gasteiger partial charge is 0.501 e. The first-order chi connectivity index (χ1) is 11.6. The predicted octanol–water partition coefficient (Wildman–Crippen LogP) is 1.88. The molecule has 0 aromatic heterocycles. The summed E-state index contributed by atoms with van der Waals surface area (Å²) in [6, 6.07) is 1.41. The zero-order valence-electron chi connectivity index (χ0n) is 13.5. The molecule has 2 amide bonds. The Morgan fingerprint density at radius 2 is 1.84 bits per heavy atom. The van der Waals surface area contributed by atoms with Crippen LogP contribution in [0.2, 0.25) is 5.02 Å². The molecule has 0 saturated heterocycles. The van der Waals surface area contributed by atoms with E-state index < -0.39 is 42.8 Å². The number of nitrogens with zero attached hydrogens (tertiary/aromatic N) is 1. The van der Waals surface area contributed by atoms with Crippen LogP contribution < -0.4 is 13.7 Å². The lowest BCUT2D eigenvalue weighted by Gasteiger charge is -2.22. The van der Waals surface area contributed by atoms with Gasteiger partial charge in [0, 0.05) is 13.1 Å². The number of carbonyl (C=O) groups is 1. The number of nitrogens with one attached hydrogen (secondary N) is 1. The minimum atomic E-state index is -4.45. The van der Waals surface area contributed by atoms with Crippen molar-refractivity contribution < 1.29 is 30.0 Å². The summed E-state index contributed by atoms with van der Waals surface area (Å²) in [5.41, 5.74) is 0. The van der Waals surface area contributed by atoms with Crippen LogP contribution in [0.15, 0.2) is 17.0 Å². The van der Waals surface area contributed by atoms with Gasteiger partial charge in [0.2, 0.25) is 11.5 Å². The number of hydrogen-bond acceptors (Lipinski definition) is 7. The fourth-order valence-corrected chi connectivity index (χ4v) is 4.69. The second-order valence-corrected chi connectivity index (χ2v) is 8.48. The average Bonchev–Trinajstić information content (AvgIpc) is 2.86. The molecule has 9 nitrogen and oxygen atoms in total. The Morgan fingerprint density at radius 1 is 1.20 bits per heavy atom. The number of amides is 2. The number of carbonyl (C=O) groups excluding carboxylic acids is 1. The Morgan fingerprint density at radius 3 is 2.44 bits per heavy atom. The smallest absolute Gasteiger partial charge is 0.347 e. The molecule has 25 heavy (non-hydrogen) atoms. The van der Waals surface area contributed by atoms with Crippen LogP contribution >= 0.6 is 11.6 Å². The molecule has 2 rings (SSSR count). The van der Waals surface area contributed by atoms with Crippen molar-refractivity contribution in [3.05, 3.63) is 17.2 Å². The topological polar surface area (TPSA) is 119 Å². The van der Waals surface area contributed by atoms with Gasteiger partial charge in [-0.25, -0.2) is 17.5 Å². The van der Waals surface area contributed by atoms with Gasteiger partial charge in [-0.3, -0.25) is 0 Å². The molecule has 0 saturated carbocycles. The van der Waals surface area contributed by atoms with Gasteiger partial charge in [0.25, 0.3) is 10.0 Å². The minimum absolute atomic E-state index is 0.0944. The molecule has 1 N–H and O–H groups in total. The van der Waals surface area contributed by atoms with Crippen LogP contribution in [-0.4, -0.2) is 40.3 Å². The van der Waals surface area contributed by atoms with Crippen LogP contribution in [0.25, 0.3) is 0 Å². The summed E-state index contributed by atoms with van der Waals surface area (Å²) >= 11 is 5.83. The predicted molar refractivity (Wildman–Crippen MR) is 89.5 cm³/mol. The molecule has 0 spiro atoms. The third-order valence-electron chi connectivity index (χ3n) is 3.15. The minimum Gasteiger partial charge on any atom is -0.347 e. The molecule has 1 aliphatic heterocycles. The van der Waals surface area contributed by atoms with Gasteiger partial charge >= 0.3 is 16.4 Å². The van der Waals surface area contributed by atoms with Crippen LogP contribution in [0.5, 0.6) is 11.5 Å². The second-order valence-electron chi connectivity index (χ2n) is 5.09. The number of sulfonamides is 1. The molecule has 1 aromatic rings. The van der Waals surface area contributed by atoms with E-state index in [1.165, 1.54) is 0 Å². The molecule has 1 heterocycles. The Bertz CT molecular complexity index is 884. The molecule has 0 radical (unpaired) electrons. The number of hydrogen-bond donors (Lipinski definition) is 1. The lowest BCUT2D eigenvalue weighted by molar-refractivity contribution is 0.223. The van der Waals surface area contributed by atoms with Gasteiger partial charge in [-0.05, 0) is 25.0 Å². The number of halogens is 1. The summed E-state index contributed by atoms with van der Waals surface area (Å²) in [4.78, 5) is 11.7. The third-order valence-corrected chi connectivity index (χ3v) is 5.99. The summed E-state index contributed by atoms with van der Waals surface area (Å²) in [5, 5.41) is 2.35. The van der Waals surface area contributed by atoms with Gasteiger partial charge in [0.1, 0.15) is 4.90 Å². The summed E-state index contributed by atoms with van der Waals surface area (Å²) in [5.74, 6) is -0.981. The second kappa shape index (κ2) is 7.26. The van der Waals surface area contributed by atoms with E-state index in [1.54, 1.807) is 6.92 Å². The van der Waals surface area contributed by atoms with Crippen LogP contribution in [0.1, 0.15) is 26.7 Å². The molecule has 0 bridgehead atoms. The van der Waals surface area contributed by atoms with Crippen LogP contribution in [0.3, 0.4) is 0 Å².